The van der Waals surface area contributed by atoms with E-state index < -0.39 is 11.9 Å². The van der Waals surface area contributed by atoms with E-state index >= 15 is 0 Å². The van der Waals surface area contributed by atoms with Gasteiger partial charge in [-0.25, -0.2) is 0 Å². The van der Waals surface area contributed by atoms with Crippen molar-refractivity contribution in [1.29, 1.82) is 5.26 Å². The minimum absolute atomic E-state index is 0.0619. The molecule has 2 unspecified atom stereocenters. The second-order valence-corrected chi connectivity index (χ2v) is 8.49. The fourth-order valence-corrected chi connectivity index (χ4v) is 5.03. The Balaban J connectivity index is 1.72. The van der Waals surface area contributed by atoms with Crippen LogP contribution in [0.5, 0.6) is 0 Å². The van der Waals surface area contributed by atoms with Crippen LogP contribution in [-0.4, -0.2) is 17.3 Å². The molecule has 3 heterocycles. The van der Waals surface area contributed by atoms with Gasteiger partial charge in [0.25, 0.3) is 0 Å². The van der Waals surface area contributed by atoms with E-state index in [9.17, 15) is 10.4 Å². The molecule has 0 bridgehead atoms. The molecule has 0 amide bonds. The monoisotopic (exact) mass is 369 g/mol. The molecule has 3 atom stereocenters. The smallest absolute Gasteiger partial charge is 0.198 e. The maximum Gasteiger partial charge on any atom is 0.198 e. The van der Waals surface area contributed by atoms with Crippen molar-refractivity contribution in [3.05, 3.63) is 56.3 Å². The number of hydrogen-bond acceptors (Lipinski definition) is 5. The van der Waals surface area contributed by atoms with Crippen LogP contribution in [0, 0.1) is 11.3 Å². The van der Waals surface area contributed by atoms with Gasteiger partial charge in [-0.2, -0.15) is 5.26 Å². The lowest BCUT2D eigenvalue weighted by Gasteiger charge is -2.39. The normalized spacial score (nSPS) is 27.5. The predicted molar refractivity (Wildman–Crippen MR) is 99.9 cm³/mol. The summed E-state index contributed by atoms with van der Waals surface area (Å²) in [4.78, 5) is 2.61. The van der Waals surface area contributed by atoms with Crippen molar-refractivity contribution >= 4 is 11.3 Å². The molecule has 0 saturated carbocycles. The van der Waals surface area contributed by atoms with E-state index in [2.05, 4.69) is 31.2 Å². The number of thiophene rings is 1. The molecule has 5 heteroatoms. The van der Waals surface area contributed by atoms with Crippen LogP contribution < -0.4 is 0 Å². The predicted octanol–water partition coefficient (Wildman–Crippen LogP) is 4.02. The summed E-state index contributed by atoms with van der Waals surface area (Å²) in [5.74, 6) is -0.876. The van der Waals surface area contributed by atoms with Crippen molar-refractivity contribution in [3.63, 3.8) is 0 Å². The van der Waals surface area contributed by atoms with E-state index in [1.54, 1.807) is 11.3 Å². The van der Waals surface area contributed by atoms with Crippen molar-refractivity contribution < 1.29 is 14.6 Å². The number of nitriles is 1. The maximum absolute atomic E-state index is 10.3. The van der Waals surface area contributed by atoms with E-state index in [0.29, 0.717) is 25.0 Å². The molecule has 26 heavy (non-hydrogen) atoms. The van der Waals surface area contributed by atoms with Crippen molar-refractivity contribution in [2.75, 3.05) is 0 Å². The van der Waals surface area contributed by atoms with Gasteiger partial charge in [0, 0.05) is 28.2 Å². The van der Waals surface area contributed by atoms with Crippen LogP contribution in [0.1, 0.15) is 58.7 Å². The summed E-state index contributed by atoms with van der Waals surface area (Å²) < 4.78 is 12.2. The van der Waals surface area contributed by atoms with Crippen LogP contribution in [0.15, 0.2) is 24.3 Å². The number of nitrogens with zero attached hydrogens (tertiary/aromatic N) is 1. The first-order chi connectivity index (χ1) is 12.5. The number of benzene rings is 1. The minimum atomic E-state index is -0.876. The molecule has 4 rings (SSSR count). The zero-order valence-corrected chi connectivity index (χ0v) is 15.9. The molecule has 0 aliphatic carbocycles. The van der Waals surface area contributed by atoms with Crippen LogP contribution in [0.2, 0.25) is 0 Å². The molecule has 2 aromatic rings. The van der Waals surface area contributed by atoms with E-state index in [1.807, 2.05) is 13.0 Å². The quantitative estimate of drug-likeness (QED) is 0.888. The highest BCUT2D eigenvalue weighted by Gasteiger charge is 2.47. The van der Waals surface area contributed by atoms with E-state index in [4.69, 9.17) is 9.47 Å². The highest BCUT2D eigenvalue weighted by molar-refractivity contribution is 7.12. The number of aliphatic hydroxyl groups is 1. The molecule has 1 N–H and O–H groups in total. The summed E-state index contributed by atoms with van der Waals surface area (Å²) in [5.41, 5.74) is 3.66. The third-order valence-corrected chi connectivity index (χ3v) is 6.48. The standard InChI is InChI=1S/C21H23NO3S/c1-3-18-4-5-19(26-18)8-14-9-20-16(7-15(14)11-22)12-24-21(20)10-17(23)6-13(2)25-21/h4-5,7,9,13,17,23H,3,6,8,10,12H2,1-2H3/t13?,17?,21-/m1/s1. The SMILES string of the molecule is CCc1ccc(Cc2cc3c(cc2C#N)CO[C@@]32CC(O)CC(C)O2)s1. The summed E-state index contributed by atoms with van der Waals surface area (Å²) in [6.07, 6.45) is 2.32. The molecule has 1 fully saturated rings. The van der Waals surface area contributed by atoms with E-state index in [1.165, 1.54) is 9.75 Å². The Hall–Kier alpha value is -1.71. The topological polar surface area (TPSA) is 62.5 Å². The van der Waals surface area contributed by atoms with Gasteiger partial charge >= 0.3 is 0 Å². The largest absolute Gasteiger partial charge is 0.393 e. The average molecular weight is 369 g/mol. The summed E-state index contributed by atoms with van der Waals surface area (Å²) in [5, 5.41) is 19.9. The third-order valence-electron chi connectivity index (χ3n) is 5.25. The maximum atomic E-state index is 10.3. The Labute approximate surface area is 158 Å². The summed E-state index contributed by atoms with van der Waals surface area (Å²) >= 11 is 1.80. The zero-order valence-electron chi connectivity index (χ0n) is 15.1. The fraction of sp³-hybridized carbons (Fsp3) is 0.476. The second kappa shape index (κ2) is 6.79. The third kappa shape index (κ3) is 3.08. The molecule has 1 aromatic heterocycles. The first-order valence-electron chi connectivity index (χ1n) is 9.17. The second-order valence-electron chi connectivity index (χ2n) is 7.24. The number of rotatable bonds is 3. The lowest BCUT2D eigenvalue weighted by atomic mass is 9.89. The average Bonchev–Trinajstić information content (AvgIpc) is 3.19. The van der Waals surface area contributed by atoms with Crippen LogP contribution >= 0.6 is 11.3 Å². The van der Waals surface area contributed by atoms with Crippen LogP contribution in [0.25, 0.3) is 0 Å². The lowest BCUT2D eigenvalue weighted by molar-refractivity contribution is -0.295. The highest BCUT2D eigenvalue weighted by atomic mass is 32.1. The molecule has 1 saturated heterocycles. The molecule has 2 aliphatic heterocycles. The Bertz CT molecular complexity index is 857. The van der Waals surface area contributed by atoms with Gasteiger partial charge in [-0.3, -0.25) is 0 Å². The van der Waals surface area contributed by atoms with Gasteiger partial charge in [0.15, 0.2) is 5.79 Å². The number of ether oxygens (including phenoxy) is 2. The van der Waals surface area contributed by atoms with Gasteiger partial charge in [-0.1, -0.05) is 6.92 Å². The molecule has 0 radical (unpaired) electrons. The van der Waals surface area contributed by atoms with Gasteiger partial charge in [0.05, 0.1) is 30.4 Å². The summed E-state index contributed by atoms with van der Waals surface area (Å²) in [6.45, 7) is 4.54. The van der Waals surface area contributed by atoms with E-state index in [0.717, 1.165) is 29.5 Å². The number of aliphatic hydroxyl groups excluding tert-OH is 1. The number of fused-ring (bicyclic) bond motifs is 2. The van der Waals surface area contributed by atoms with Gasteiger partial charge in [0.2, 0.25) is 0 Å². The van der Waals surface area contributed by atoms with Crippen molar-refractivity contribution in [3.8, 4) is 6.07 Å². The summed E-state index contributed by atoms with van der Waals surface area (Å²) in [6, 6.07) is 10.6. The Kier molecular flexibility index (Phi) is 4.62. The molecule has 136 valence electrons. The Morgan fingerprint density at radius 1 is 1.35 bits per heavy atom. The zero-order chi connectivity index (χ0) is 18.3. The van der Waals surface area contributed by atoms with Crippen molar-refractivity contribution in [1.82, 2.24) is 0 Å². The van der Waals surface area contributed by atoms with Crippen LogP contribution in [-0.2, 0) is 34.7 Å². The summed E-state index contributed by atoms with van der Waals surface area (Å²) in [7, 11) is 0. The Morgan fingerprint density at radius 2 is 2.15 bits per heavy atom. The molecular formula is C21H23NO3S. The van der Waals surface area contributed by atoms with Gasteiger partial charge < -0.3 is 14.6 Å². The van der Waals surface area contributed by atoms with E-state index in [-0.39, 0.29) is 6.10 Å². The minimum Gasteiger partial charge on any atom is -0.393 e. The lowest BCUT2D eigenvalue weighted by Crippen LogP contribution is -2.43. The molecule has 1 spiro atoms. The van der Waals surface area contributed by atoms with Crippen LogP contribution in [0.3, 0.4) is 0 Å². The Morgan fingerprint density at radius 3 is 2.85 bits per heavy atom. The van der Waals surface area contributed by atoms with Crippen molar-refractivity contribution in [2.24, 2.45) is 0 Å². The number of hydrogen-bond donors (Lipinski definition) is 1. The van der Waals surface area contributed by atoms with Crippen LogP contribution in [0.4, 0.5) is 0 Å². The fourth-order valence-electron chi connectivity index (χ4n) is 4.05. The first kappa shape index (κ1) is 17.7. The molecular weight excluding hydrogens is 346 g/mol. The molecule has 1 aromatic carbocycles. The van der Waals surface area contributed by atoms with Gasteiger partial charge in [0.1, 0.15) is 0 Å². The van der Waals surface area contributed by atoms with Gasteiger partial charge in [-0.15, -0.1) is 11.3 Å². The van der Waals surface area contributed by atoms with Gasteiger partial charge in [-0.05, 0) is 55.2 Å². The molecule has 2 aliphatic rings. The first-order valence-corrected chi connectivity index (χ1v) is 9.98. The van der Waals surface area contributed by atoms with Crippen molar-refractivity contribution in [2.45, 2.75) is 64.1 Å². The molecule has 4 nitrogen and oxygen atoms in total. The number of aryl methyl sites for hydroxylation is 1. The highest BCUT2D eigenvalue weighted by Crippen LogP contribution is 2.46.